The Morgan fingerprint density at radius 3 is 2.88 bits per heavy atom. The maximum Gasteiger partial charge on any atom is 0.134 e. The molecule has 3 nitrogen and oxygen atoms in total. The van der Waals surface area contributed by atoms with Gasteiger partial charge in [0.1, 0.15) is 11.1 Å². The summed E-state index contributed by atoms with van der Waals surface area (Å²) >= 11 is 1.71. The lowest BCUT2D eigenvalue weighted by Crippen LogP contribution is -1.97. The zero-order chi connectivity index (χ0) is 17.2. The molecule has 0 aliphatic heterocycles. The molecule has 25 heavy (non-hydrogen) atoms. The van der Waals surface area contributed by atoms with Gasteiger partial charge < -0.3 is 4.98 Å². The van der Waals surface area contributed by atoms with Gasteiger partial charge in [-0.2, -0.15) is 5.26 Å². The van der Waals surface area contributed by atoms with E-state index in [1.165, 1.54) is 47.1 Å². The first-order valence-corrected chi connectivity index (χ1v) is 9.74. The SMILES string of the molecule is Cc1ccc2[nH]cc(C=Nc3sc4c(c3C#N)CCCCCC4)c2c1. The minimum atomic E-state index is 0.800. The summed E-state index contributed by atoms with van der Waals surface area (Å²) in [7, 11) is 0. The fourth-order valence-corrected chi connectivity index (χ4v) is 4.79. The van der Waals surface area contributed by atoms with E-state index in [2.05, 4.69) is 36.2 Å². The van der Waals surface area contributed by atoms with E-state index in [0.717, 1.165) is 34.5 Å². The molecule has 0 spiro atoms. The second-order valence-corrected chi connectivity index (χ2v) is 7.84. The molecule has 1 aliphatic carbocycles. The number of thiophene rings is 1. The number of H-pyrrole nitrogens is 1. The number of rotatable bonds is 2. The van der Waals surface area contributed by atoms with Gasteiger partial charge in [0.2, 0.25) is 0 Å². The van der Waals surface area contributed by atoms with Gasteiger partial charge >= 0.3 is 0 Å². The Kier molecular flexibility index (Phi) is 4.42. The van der Waals surface area contributed by atoms with Crippen molar-refractivity contribution in [3.63, 3.8) is 0 Å². The summed E-state index contributed by atoms with van der Waals surface area (Å²) in [5.74, 6) is 0. The average molecular weight is 347 g/mol. The Labute approximate surface area is 152 Å². The van der Waals surface area contributed by atoms with Crippen LogP contribution in [0.5, 0.6) is 0 Å². The lowest BCUT2D eigenvalue weighted by molar-refractivity contribution is 0.622. The molecule has 1 aliphatic rings. The zero-order valence-electron chi connectivity index (χ0n) is 14.4. The van der Waals surface area contributed by atoms with Crippen molar-refractivity contribution in [1.29, 1.82) is 5.26 Å². The van der Waals surface area contributed by atoms with Crippen LogP contribution < -0.4 is 0 Å². The first kappa shape index (κ1) is 16.1. The molecule has 0 radical (unpaired) electrons. The molecule has 1 aromatic carbocycles. The number of aromatic nitrogens is 1. The second kappa shape index (κ2) is 6.85. The molecule has 4 rings (SSSR count). The van der Waals surface area contributed by atoms with Crippen molar-refractivity contribution in [2.45, 2.75) is 45.4 Å². The molecular formula is C21H21N3S. The number of hydrogen-bond acceptors (Lipinski definition) is 3. The summed E-state index contributed by atoms with van der Waals surface area (Å²) in [4.78, 5) is 9.38. The molecule has 3 aromatic rings. The minimum Gasteiger partial charge on any atom is -0.361 e. The number of hydrogen-bond donors (Lipinski definition) is 1. The normalized spacial score (nSPS) is 15.0. The third-order valence-electron chi connectivity index (χ3n) is 4.95. The number of aryl methyl sites for hydroxylation is 2. The van der Waals surface area contributed by atoms with Gasteiger partial charge in [0, 0.05) is 33.8 Å². The Balaban J connectivity index is 1.72. The first-order chi connectivity index (χ1) is 12.3. The lowest BCUT2D eigenvalue weighted by atomic mass is 9.97. The predicted molar refractivity (Wildman–Crippen MR) is 105 cm³/mol. The predicted octanol–water partition coefficient (Wildman–Crippen LogP) is 5.82. The molecule has 1 N–H and O–H groups in total. The number of fused-ring (bicyclic) bond motifs is 2. The number of nitrogens with one attached hydrogen (secondary N) is 1. The molecule has 126 valence electrons. The van der Waals surface area contributed by atoms with Crippen molar-refractivity contribution in [3.05, 3.63) is 51.5 Å². The van der Waals surface area contributed by atoms with Gasteiger partial charge in [-0.25, -0.2) is 4.99 Å². The van der Waals surface area contributed by atoms with Crippen molar-refractivity contribution in [2.75, 3.05) is 0 Å². The quantitative estimate of drug-likeness (QED) is 0.583. The Morgan fingerprint density at radius 2 is 2.04 bits per heavy atom. The van der Waals surface area contributed by atoms with Crippen molar-refractivity contribution < 1.29 is 0 Å². The van der Waals surface area contributed by atoms with Crippen molar-refractivity contribution in [3.8, 4) is 6.07 Å². The summed E-state index contributed by atoms with van der Waals surface area (Å²) in [6.45, 7) is 2.10. The summed E-state index contributed by atoms with van der Waals surface area (Å²) in [5.41, 5.74) is 5.48. The van der Waals surface area contributed by atoms with Crippen LogP contribution >= 0.6 is 11.3 Å². The molecule has 2 heterocycles. The molecule has 0 amide bonds. The maximum absolute atomic E-state index is 9.67. The van der Waals surface area contributed by atoms with Gasteiger partial charge in [-0.1, -0.05) is 24.5 Å². The first-order valence-electron chi connectivity index (χ1n) is 8.92. The van der Waals surface area contributed by atoms with Gasteiger partial charge in [0.25, 0.3) is 0 Å². The number of nitriles is 1. The third-order valence-corrected chi connectivity index (χ3v) is 6.15. The Bertz CT molecular complexity index is 985. The third kappa shape index (κ3) is 3.12. The number of aromatic amines is 1. The fourth-order valence-electron chi connectivity index (χ4n) is 3.60. The highest BCUT2D eigenvalue weighted by atomic mass is 32.1. The van der Waals surface area contributed by atoms with Crippen molar-refractivity contribution in [1.82, 2.24) is 4.98 Å². The smallest absolute Gasteiger partial charge is 0.134 e. The number of nitrogens with zero attached hydrogens (tertiary/aromatic N) is 2. The van der Waals surface area contributed by atoms with Crippen molar-refractivity contribution in [2.24, 2.45) is 4.99 Å². The van der Waals surface area contributed by atoms with Crippen LogP contribution in [0.4, 0.5) is 5.00 Å². The average Bonchev–Trinajstić information content (AvgIpc) is 3.13. The van der Waals surface area contributed by atoms with Crippen LogP contribution in [-0.4, -0.2) is 11.2 Å². The Hall–Kier alpha value is -2.38. The van der Waals surface area contributed by atoms with Crippen LogP contribution in [0.3, 0.4) is 0 Å². The summed E-state index contributed by atoms with van der Waals surface area (Å²) < 4.78 is 0. The molecule has 0 atom stereocenters. The van der Waals surface area contributed by atoms with Crippen LogP contribution in [0, 0.1) is 18.3 Å². The molecular weight excluding hydrogens is 326 g/mol. The minimum absolute atomic E-state index is 0.800. The number of aliphatic imine (C=N–C) groups is 1. The van der Waals surface area contributed by atoms with E-state index < -0.39 is 0 Å². The van der Waals surface area contributed by atoms with Crippen molar-refractivity contribution >= 4 is 33.5 Å². The van der Waals surface area contributed by atoms with Gasteiger partial charge in [-0.05, 0) is 50.3 Å². The van der Waals surface area contributed by atoms with Gasteiger partial charge in [0.05, 0.1) is 5.56 Å². The van der Waals surface area contributed by atoms with Gasteiger partial charge in [-0.3, -0.25) is 0 Å². The zero-order valence-corrected chi connectivity index (χ0v) is 15.2. The molecule has 2 aromatic heterocycles. The van der Waals surface area contributed by atoms with Crippen LogP contribution in [0.1, 0.15) is 52.8 Å². The van der Waals surface area contributed by atoms with E-state index in [-0.39, 0.29) is 0 Å². The van der Waals surface area contributed by atoms with E-state index >= 15 is 0 Å². The standard InChI is InChI=1S/C21H21N3S/c1-14-8-9-19-17(10-14)15(12-23-19)13-24-21-18(11-22)16-6-4-2-3-5-7-20(16)25-21/h8-10,12-13,23H,2-7H2,1H3. The largest absolute Gasteiger partial charge is 0.361 e. The van der Waals surface area contributed by atoms with E-state index in [4.69, 9.17) is 4.99 Å². The summed E-state index contributed by atoms with van der Waals surface area (Å²) in [6, 6.07) is 8.79. The molecule has 0 bridgehead atoms. The van der Waals surface area contributed by atoms with Crippen LogP contribution in [0.2, 0.25) is 0 Å². The monoisotopic (exact) mass is 347 g/mol. The van der Waals surface area contributed by atoms with Crippen LogP contribution in [0.25, 0.3) is 10.9 Å². The highest BCUT2D eigenvalue weighted by Gasteiger charge is 2.18. The number of benzene rings is 1. The lowest BCUT2D eigenvalue weighted by Gasteiger charge is -2.08. The van der Waals surface area contributed by atoms with E-state index in [1.54, 1.807) is 11.3 Å². The molecule has 0 unspecified atom stereocenters. The van der Waals surface area contributed by atoms with Gasteiger partial charge in [-0.15, -0.1) is 11.3 Å². The summed E-state index contributed by atoms with van der Waals surface area (Å²) in [6.07, 6.45) is 11.0. The van der Waals surface area contributed by atoms with E-state index in [9.17, 15) is 5.26 Å². The Morgan fingerprint density at radius 1 is 1.20 bits per heavy atom. The molecule has 0 saturated carbocycles. The van der Waals surface area contributed by atoms with Crippen LogP contribution in [0.15, 0.2) is 29.4 Å². The molecule has 4 heteroatoms. The fraction of sp³-hybridized carbons (Fsp3) is 0.333. The van der Waals surface area contributed by atoms with Crippen LogP contribution in [-0.2, 0) is 12.8 Å². The maximum atomic E-state index is 9.67. The molecule has 0 fully saturated rings. The highest BCUT2D eigenvalue weighted by molar-refractivity contribution is 7.16. The van der Waals surface area contributed by atoms with E-state index in [0.29, 0.717) is 0 Å². The molecule has 0 saturated heterocycles. The topological polar surface area (TPSA) is 51.9 Å². The summed E-state index contributed by atoms with van der Waals surface area (Å²) in [5, 5.41) is 11.7. The highest BCUT2D eigenvalue weighted by Crippen LogP contribution is 2.38. The van der Waals surface area contributed by atoms with E-state index in [1.807, 2.05) is 12.4 Å². The second-order valence-electron chi connectivity index (χ2n) is 6.76. The van der Waals surface area contributed by atoms with Gasteiger partial charge in [0.15, 0.2) is 0 Å².